The molecule has 1 N–H and O–H groups in total. The molecule has 2 aromatic carbocycles. The first-order valence-corrected chi connectivity index (χ1v) is 9.44. The van der Waals surface area contributed by atoms with Crippen molar-refractivity contribution in [2.45, 2.75) is 26.7 Å². The maximum absolute atomic E-state index is 11.1. The minimum atomic E-state index is -0.0439. The van der Waals surface area contributed by atoms with Crippen molar-refractivity contribution in [3.8, 4) is 5.69 Å². The highest BCUT2D eigenvalue weighted by molar-refractivity contribution is 5.78. The van der Waals surface area contributed by atoms with Gasteiger partial charge in [-0.15, -0.1) is 0 Å². The molecule has 4 rings (SSSR count). The van der Waals surface area contributed by atoms with Crippen LogP contribution in [-0.4, -0.2) is 25.0 Å². The molecular weight excluding hydrogens is 366 g/mol. The first-order valence-electron chi connectivity index (χ1n) is 9.44. The molecule has 0 aliphatic rings. The molecule has 0 aliphatic carbocycles. The number of ether oxygens (including phenoxy) is 1. The summed E-state index contributed by atoms with van der Waals surface area (Å²) in [5.74, 6) is 0.856. The highest BCUT2D eigenvalue weighted by atomic mass is 16.5. The molecule has 0 saturated heterocycles. The summed E-state index contributed by atoms with van der Waals surface area (Å²) >= 11 is 0. The average Bonchev–Trinajstić information content (AvgIpc) is 3.32. The molecule has 0 atom stereocenters. The van der Waals surface area contributed by atoms with Crippen LogP contribution in [-0.2, 0) is 36.3 Å². The van der Waals surface area contributed by atoms with Gasteiger partial charge in [0.25, 0.3) is 0 Å². The lowest BCUT2D eigenvalue weighted by molar-refractivity contribution is -0.119. The lowest BCUT2D eigenvalue weighted by atomic mass is 10.2. The number of fused-ring (bicyclic) bond motifs is 1. The van der Waals surface area contributed by atoms with Crippen LogP contribution < -0.4 is 5.32 Å². The van der Waals surface area contributed by atoms with Crippen molar-refractivity contribution in [1.82, 2.24) is 24.4 Å². The maximum Gasteiger partial charge on any atom is 0.217 e. The molecule has 29 heavy (non-hydrogen) atoms. The molecule has 0 bridgehead atoms. The van der Waals surface area contributed by atoms with E-state index in [1.807, 2.05) is 54.5 Å². The summed E-state index contributed by atoms with van der Waals surface area (Å²) in [6.07, 6.45) is 5.50. The van der Waals surface area contributed by atoms with E-state index in [9.17, 15) is 4.79 Å². The summed E-state index contributed by atoms with van der Waals surface area (Å²) in [6.45, 7) is 2.99. The Labute approximate surface area is 169 Å². The Bertz CT molecular complexity index is 1150. The van der Waals surface area contributed by atoms with Crippen molar-refractivity contribution in [1.29, 1.82) is 0 Å². The standard InChI is InChI=1S/C22H23N5O2/c1-16(28)24-12-17-6-7-21-20(11-17)25-15-27(21)19-5-3-4-18(10-19)13-29-14-22-23-8-9-26(22)2/h3-11,15H,12-14H2,1-2H3,(H,24,28). The molecule has 7 heteroatoms. The van der Waals surface area contributed by atoms with Gasteiger partial charge in [-0.2, -0.15) is 0 Å². The Kier molecular flexibility index (Phi) is 5.39. The summed E-state index contributed by atoms with van der Waals surface area (Å²) < 4.78 is 9.83. The molecule has 0 aliphatic heterocycles. The predicted octanol–water partition coefficient (Wildman–Crippen LogP) is 3.11. The number of carbonyl (C=O) groups is 1. The van der Waals surface area contributed by atoms with Gasteiger partial charge in [0.15, 0.2) is 0 Å². The third kappa shape index (κ3) is 4.35. The number of hydrogen-bond donors (Lipinski definition) is 1. The summed E-state index contributed by atoms with van der Waals surface area (Å²) in [5.41, 5.74) is 5.04. The molecular formula is C22H23N5O2. The number of amides is 1. The van der Waals surface area contributed by atoms with Gasteiger partial charge in [0.05, 0.1) is 17.6 Å². The fourth-order valence-electron chi connectivity index (χ4n) is 3.19. The van der Waals surface area contributed by atoms with Crippen molar-refractivity contribution in [3.63, 3.8) is 0 Å². The Balaban J connectivity index is 1.49. The second-order valence-corrected chi connectivity index (χ2v) is 6.96. The monoisotopic (exact) mass is 389 g/mol. The van der Waals surface area contributed by atoms with Crippen LogP contribution in [0, 0.1) is 0 Å². The highest BCUT2D eigenvalue weighted by Crippen LogP contribution is 2.21. The van der Waals surface area contributed by atoms with Gasteiger partial charge < -0.3 is 14.6 Å². The SMILES string of the molecule is CC(=O)NCc1ccc2c(c1)ncn2-c1cccc(COCc2nccn2C)c1. The number of nitrogens with one attached hydrogen (secondary N) is 1. The van der Waals surface area contributed by atoms with Crippen LogP contribution in [0.2, 0.25) is 0 Å². The van der Waals surface area contributed by atoms with Crippen molar-refractivity contribution >= 4 is 16.9 Å². The third-order valence-corrected chi connectivity index (χ3v) is 4.76. The van der Waals surface area contributed by atoms with E-state index in [0.29, 0.717) is 19.8 Å². The summed E-state index contributed by atoms with van der Waals surface area (Å²) in [4.78, 5) is 19.9. The number of benzene rings is 2. The largest absolute Gasteiger partial charge is 0.369 e. The topological polar surface area (TPSA) is 74.0 Å². The van der Waals surface area contributed by atoms with Gasteiger partial charge in [0.1, 0.15) is 18.8 Å². The van der Waals surface area contributed by atoms with Crippen LogP contribution >= 0.6 is 0 Å². The molecule has 0 radical (unpaired) electrons. The second kappa shape index (κ2) is 8.28. The Morgan fingerprint density at radius 2 is 2.00 bits per heavy atom. The quantitative estimate of drug-likeness (QED) is 0.527. The van der Waals surface area contributed by atoms with E-state index in [1.54, 1.807) is 6.20 Å². The minimum absolute atomic E-state index is 0.0439. The number of rotatable bonds is 7. The maximum atomic E-state index is 11.1. The number of carbonyl (C=O) groups excluding carboxylic acids is 1. The lowest BCUT2D eigenvalue weighted by Crippen LogP contribution is -2.18. The third-order valence-electron chi connectivity index (χ3n) is 4.76. The summed E-state index contributed by atoms with van der Waals surface area (Å²) in [5, 5.41) is 2.81. The van der Waals surface area contributed by atoms with Gasteiger partial charge in [-0.25, -0.2) is 9.97 Å². The minimum Gasteiger partial charge on any atom is -0.369 e. The summed E-state index contributed by atoms with van der Waals surface area (Å²) in [7, 11) is 1.96. The molecule has 2 aromatic heterocycles. The Morgan fingerprint density at radius 1 is 1.10 bits per heavy atom. The second-order valence-electron chi connectivity index (χ2n) is 6.96. The van der Waals surface area contributed by atoms with E-state index >= 15 is 0 Å². The molecule has 0 spiro atoms. The zero-order valence-corrected chi connectivity index (χ0v) is 16.5. The number of nitrogens with zero attached hydrogens (tertiary/aromatic N) is 4. The molecule has 148 valence electrons. The Morgan fingerprint density at radius 3 is 2.79 bits per heavy atom. The lowest BCUT2D eigenvalue weighted by Gasteiger charge is -2.09. The van der Waals surface area contributed by atoms with Crippen molar-refractivity contribution < 1.29 is 9.53 Å². The van der Waals surface area contributed by atoms with Crippen LogP contribution in [0.1, 0.15) is 23.9 Å². The van der Waals surface area contributed by atoms with Crippen molar-refractivity contribution in [2.24, 2.45) is 7.05 Å². The highest BCUT2D eigenvalue weighted by Gasteiger charge is 2.07. The molecule has 0 fully saturated rings. The number of aromatic nitrogens is 4. The molecule has 1 amide bonds. The fraction of sp³-hybridized carbons (Fsp3) is 0.227. The number of imidazole rings is 2. The zero-order valence-electron chi connectivity index (χ0n) is 16.5. The van der Waals surface area contributed by atoms with Gasteiger partial charge in [0, 0.05) is 38.6 Å². The van der Waals surface area contributed by atoms with E-state index in [2.05, 4.69) is 32.0 Å². The van der Waals surface area contributed by atoms with Gasteiger partial charge in [-0.05, 0) is 35.4 Å². The summed E-state index contributed by atoms with van der Waals surface area (Å²) in [6, 6.07) is 14.3. The van der Waals surface area contributed by atoms with Crippen LogP contribution in [0.15, 0.2) is 61.2 Å². The first kappa shape index (κ1) is 18.9. The molecule has 2 heterocycles. The average molecular weight is 389 g/mol. The van der Waals surface area contributed by atoms with Crippen LogP contribution in [0.5, 0.6) is 0 Å². The number of hydrogen-bond acceptors (Lipinski definition) is 4. The van der Waals surface area contributed by atoms with Gasteiger partial charge in [0.2, 0.25) is 5.91 Å². The zero-order chi connectivity index (χ0) is 20.2. The molecule has 0 saturated carbocycles. The first-order chi connectivity index (χ1) is 14.1. The predicted molar refractivity (Wildman–Crippen MR) is 110 cm³/mol. The van der Waals surface area contributed by atoms with Crippen LogP contribution in [0.25, 0.3) is 16.7 Å². The van der Waals surface area contributed by atoms with Gasteiger partial charge in [-0.1, -0.05) is 18.2 Å². The van der Waals surface area contributed by atoms with Crippen LogP contribution in [0.3, 0.4) is 0 Å². The van der Waals surface area contributed by atoms with E-state index < -0.39 is 0 Å². The van der Waals surface area contributed by atoms with Crippen LogP contribution in [0.4, 0.5) is 0 Å². The van der Waals surface area contributed by atoms with E-state index in [0.717, 1.165) is 33.7 Å². The molecule has 7 nitrogen and oxygen atoms in total. The van der Waals surface area contributed by atoms with Crippen molar-refractivity contribution in [3.05, 3.63) is 78.1 Å². The molecule has 4 aromatic rings. The van der Waals surface area contributed by atoms with Crippen molar-refractivity contribution in [2.75, 3.05) is 0 Å². The smallest absolute Gasteiger partial charge is 0.217 e. The molecule has 0 unspecified atom stereocenters. The number of aryl methyl sites for hydroxylation is 1. The van der Waals surface area contributed by atoms with E-state index in [1.165, 1.54) is 6.92 Å². The normalized spacial score (nSPS) is 11.1. The van der Waals surface area contributed by atoms with E-state index in [4.69, 9.17) is 4.74 Å². The fourth-order valence-corrected chi connectivity index (χ4v) is 3.19. The van der Waals surface area contributed by atoms with E-state index in [-0.39, 0.29) is 5.91 Å². The van der Waals surface area contributed by atoms with Gasteiger partial charge >= 0.3 is 0 Å². The van der Waals surface area contributed by atoms with Gasteiger partial charge in [-0.3, -0.25) is 9.36 Å². The Hall–Kier alpha value is -3.45.